The highest BCUT2D eigenvalue weighted by molar-refractivity contribution is 7.14. The standard InChI is InChI=1S/C15H15N5O4S/c1-2-24-15(23)20-12(21)9-5-8-25-14(9)19-13(22)10(16)3-4-11-17-6-7-18-11/h3-8,16H,2H2,1H3,(H,17,18)(H,19,22)(H,20,21,23)/b4-3-,16-10?. The largest absolute Gasteiger partial charge is 0.450 e. The fourth-order valence-corrected chi connectivity index (χ4v) is 2.47. The van der Waals surface area contributed by atoms with Gasteiger partial charge in [-0.25, -0.2) is 9.78 Å². The maximum atomic E-state index is 12.0. The Hall–Kier alpha value is -3.27. The number of H-pyrrole nitrogens is 1. The first kappa shape index (κ1) is 18.1. The summed E-state index contributed by atoms with van der Waals surface area (Å²) < 4.78 is 4.63. The third-order valence-corrected chi connectivity index (χ3v) is 3.63. The average molecular weight is 361 g/mol. The van der Waals surface area contributed by atoms with Crippen molar-refractivity contribution in [2.24, 2.45) is 0 Å². The van der Waals surface area contributed by atoms with E-state index < -0.39 is 17.9 Å². The number of aromatic nitrogens is 2. The number of carbonyl (C=O) groups is 3. The van der Waals surface area contributed by atoms with Crippen molar-refractivity contribution in [1.82, 2.24) is 15.3 Å². The van der Waals surface area contributed by atoms with E-state index in [-0.39, 0.29) is 22.9 Å². The van der Waals surface area contributed by atoms with E-state index in [1.807, 2.05) is 5.32 Å². The Bertz CT molecular complexity index is 810. The van der Waals surface area contributed by atoms with E-state index in [1.54, 1.807) is 24.7 Å². The van der Waals surface area contributed by atoms with Gasteiger partial charge in [0.15, 0.2) is 0 Å². The van der Waals surface area contributed by atoms with E-state index in [0.717, 1.165) is 11.3 Å². The summed E-state index contributed by atoms with van der Waals surface area (Å²) in [5.41, 5.74) is -0.212. The van der Waals surface area contributed by atoms with Crippen LogP contribution in [-0.2, 0) is 9.53 Å². The van der Waals surface area contributed by atoms with Crippen LogP contribution in [0, 0.1) is 5.41 Å². The van der Waals surface area contributed by atoms with Crippen LogP contribution >= 0.6 is 11.3 Å². The lowest BCUT2D eigenvalue weighted by atomic mass is 10.2. The monoisotopic (exact) mass is 361 g/mol. The van der Waals surface area contributed by atoms with Gasteiger partial charge in [0.1, 0.15) is 16.5 Å². The maximum Gasteiger partial charge on any atom is 0.414 e. The van der Waals surface area contributed by atoms with E-state index in [4.69, 9.17) is 5.41 Å². The Morgan fingerprint density at radius 2 is 2.24 bits per heavy atom. The van der Waals surface area contributed by atoms with E-state index in [1.165, 1.54) is 18.2 Å². The second-order valence-corrected chi connectivity index (χ2v) is 5.43. The lowest BCUT2D eigenvalue weighted by Crippen LogP contribution is -2.31. The van der Waals surface area contributed by atoms with E-state index in [2.05, 4.69) is 20.0 Å². The summed E-state index contributed by atoms with van der Waals surface area (Å²) in [4.78, 5) is 42.1. The van der Waals surface area contributed by atoms with Gasteiger partial charge < -0.3 is 15.0 Å². The van der Waals surface area contributed by atoms with Crippen LogP contribution in [0.3, 0.4) is 0 Å². The van der Waals surface area contributed by atoms with Crippen molar-refractivity contribution in [2.75, 3.05) is 11.9 Å². The molecule has 2 rings (SSSR count). The van der Waals surface area contributed by atoms with Crippen LogP contribution in [0.15, 0.2) is 29.9 Å². The Kier molecular flexibility index (Phi) is 6.18. The molecule has 0 saturated heterocycles. The van der Waals surface area contributed by atoms with Crippen molar-refractivity contribution in [1.29, 1.82) is 5.41 Å². The van der Waals surface area contributed by atoms with Crippen LogP contribution in [0.5, 0.6) is 0 Å². The van der Waals surface area contributed by atoms with Crippen LogP contribution in [0.25, 0.3) is 6.08 Å². The van der Waals surface area contributed by atoms with Crippen LogP contribution < -0.4 is 10.6 Å². The molecule has 9 nitrogen and oxygen atoms in total. The lowest BCUT2D eigenvalue weighted by Gasteiger charge is -2.06. The molecular weight excluding hydrogens is 346 g/mol. The molecule has 3 amide bonds. The summed E-state index contributed by atoms with van der Waals surface area (Å²) in [7, 11) is 0. The fraction of sp³-hybridized carbons (Fsp3) is 0.133. The van der Waals surface area contributed by atoms with E-state index in [9.17, 15) is 14.4 Å². The minimum absolute atomic E-state index is 0.106. The number of thiophene rings is 1. The number of ether oxygens (including phenoxy) is 1. The highest BCUT2D eigenvalue weighted by Gasteiger charge is 2.18. The number of imidazole rings is 1. The number of carbonyl (C=O) groups excluding carboxylic acids is 3. The molecule has 0 aliphatic rings. The predicted octanol–water partition coefficient (Wildman–Crippen LogP) is 2.03. The number of imide groups is 1. The summed E-state index contributed by atoms with van der Waals surface area (Å²) in [6, 6.07) is 1.46. The van der Waals surface area contributed by atoms with Gasteiger partial charge in [-0.2, -0.15) is 0 Å². The molecule has 25 heavy (non-hydrogen) atoms. The van der Waals surface area contributed by atoms with Crippen LogP contribution in [0.4, 0.5) is 9.80 Å². The molecule has 0 spiro atoms. The molecule has 10 heteroatoms. The number of amides is 3. The van der Waals surface area contributed by atoms with Crippen LogP contribution in [0.1, 0.15) is 23.1 Å². The van der Waals surface area contributed by atoms with Gasteiger partial charge in [-0.1, -0.05) is 0 Å². The first-order valence-corrected chi connectivity index (χ1v) is 8.02. The maximum absolute atomic E-state index is 12.0. The molecule has 0 atom stereocenters. The summed E-state index contributed by atoms with van der Waals surface area (Å²) >= 11 is 1.10. The number of rotatable bonds is 6. The summed E-state index contributed by atoms with van der Waals surface area (Å²) in [6.07, 6.45) is 5.04. The SMILES string of the molecule is CCOC(=O)NC(=O)c1ccsc1NC(=O)C(=N)/C=C\c1ncc[nH]1. The van der Waals surface area contributed by atoms with Crippen LogP contribution in [0.2, 0.25) is 0 Å². The third-order valence-electron chi connectivity index (χ3n) is 2.80. The normalized spacial score (nSPS) is 10.4. The minimum atomic E-state index is -0.870. The van der Waals surface area contributed by atoms with Gasteiger partial charge in [0, 0.05) is 12.4 Å². The Morgan fingerprint density at radius 1 is 1.44 bits per heavy atom. The molecule has 0 aromatic carbocycles. The fourth-order valence-electron chi connectivity index (χ4n) is 1.69. The smallest absolute Gasteiger partial charge is 0.414 e. The third kappa shape index (κ3) is 5.11. The van der Waals surface area contributed by atoms with Crippen molar-refractivity contribution in [3.05, 3.63) is 41.3 Å². The van der Waals surface area contributed by atoms with Crippen molar-refractivity contribution in [3.8, 4) is 0 Å². The predicted molar refractivity (Wildman–Crippen MR) is 92.8 cm³/mol. The molecule has 0 aliphatic heterocycles. The molecule has 0 aliphatic carbocycles. The highest BCUT2D eigenvalue weighted by atomic mass is 32.1. The zero-order chi connectivity index (χ0) is 18.2. The molecule has 0 radical (unpaired) electrons. The summed E-state index contributed by atoms with van der Waals surface area (Å²) in [6.45, 7) is 1.74. The zero-order valence-corrected chi connectivity index (χ0v) is 14.0. The lowest BCUT2D eigenvalue weighted by molar-refractivity contribution is -0.110. The number of hydrogen-bond acceptors (Lipinski definition) is 7. The van der Waals surface area contributed by atoms with Crippen molar-refractivity contribution < 1.29 is 19.1 Å². The molecule has 0 bridgehead atoms. The van der Waals surface area contributed by atoms with E-state index >= 15 is 0 Å². The topological polar surface area (TPSA) is 137 Å². The zero-order valence-electron chi connectivity index (χ0n) is 13.2. The van der Waals surface area contributed by atoms with Gasteiger partial charge >= 0.3 is 6.09 Å². The number of hydrogen-bond donors (Lipinski definition) is 4. The average Bonchev–Trinajstić information content (AvgIpc) is 3.24. The summed E-state index contributed by atoms with van der Waals surface area (Å²) in [5.74, 6) is -0.897. The summed E-state index contributed by atoms with van der Waals surface area (Å²) in [5, 5.41) is 14.1. The number of nitrogens with zero attached hydrogens (tertiary/aromatic N) is 1. The second-order valence-electron chi connectivity index (χ2n) is 4.51. The van der Waals surface area contributed by atoms with Gasteiger partial charge in [0.05, 0.1) is 12.2 Å². The molecule has 0 saturated carbocycles. The second kappa shape index (κ2) is 8.55. The van der Waals surface area contributed by atoms with Gasteiger partial charge in [-0.15, -0.1) is 11.3 Å². The van der Waals surface area contributed by atoms with Crippen molar-refractivity contribution in [3.63, 3.8) is 0 Å². The molecule has 130 valence electrons. The Balaban J connectivity index is 1.99. The van der Waals surface area contributed by atoms with Crippen molar-refractivity contribution >= 4 is 46.0 Å². The molecular formula is C15H15N5O4S. The number of alkyl carbamates (subject to hydrolysis) is 1. The number of anilines is 1. The van der Waals surface area contributed by atoms with Gasteiger partial charge in [0.25, 0.3) is 11.8 Å². The molecule has 0 unspecified atom stereocenters. The Morgan fingerprint density at radius 3 is 2.92 bits per heavy atom. The molecule has 2 heterocycles. The van der Waals surface area contributed by atoms with Crippen molar-refractivity contribution in [2.45, 2.75) is 6.92 Å². The Labute approximate surface area is 146 Å². The van der Waals surface area contributed by atoms with Gasteiger partial charge in [-0.05, 0) is 30.5 Å². The first-order valence-electron chi connectivity index (χ1n) is 7.14. The minimum Gasteiger partial charge on any atom is -0.450 e. The first-order chi connectivity index (χ1) is 12.0. The number of aromatic amines is 1. The van der Waals surface area contributed by atoms with E-state index in [0.29, 0.717) is 5.82 Å². The molecule has 2 aromatic heterocycles. The van der Waals surface area contributed by atoms with Gasteiger partial charge in [-0.3, -0.25) is 20.3 Å². The highest BCUT2D eigenvalue weighted by Crippen LogP contribution is 2.23. The molecule has 0 fully saturated rings. The number of nitrogens with one attached hydrogen (secondary N) is 4. The van der Waals surface area contributed by atoms with Gasteiger partial charge in [0.2, 0.25) is 0 Å². The molecule has 2 aromatic rings. The quantitative estimate of drug-likeness (QED) is 0.583. The molecule has 4 N–H and O–H groups in total. The van der Waals surface area contributed by atoms with Crippen LogP contribution in [-0.4, -0.2) is 40.2 Å².